The van der Waals surface area contributed by atoms with E-state index in [4.69, 9.17) is 4.74 Å². The fourth-order valence-corrected chi connectivity index (χ4v) is 4.24. The second kappa shape index (κ2) is 3.21. The molecule has 0 radical (unpaired) electrons. The minimum Gasteiger partial charge on any atom is -0.393 e. The first-order chi connectivity index (χ1) is 7.18. The Kier molecular flexibility index (Phi) is 2.16. The largest absolute Gasteiger partial charge is 0.393 e. The van der Waals surface area contributed by atoms with Crippen LogP contribution in [0.25, 0.3) is 0 Å². The van der Waals surface area contributed by atoms with Crippen molar-refractivity contribution < 1.29 is 9.84 Å². The minimum absolute atomic E-state index is 0.138. The van der Waals surface area contributed by atoms with E-state index in [0.29, 0.717) is 11.5 Å². The van der Waals surface area contributed by atoms with Crippen molar-refractivity contribution in [1.29, 1.82) is 0 Å². The molecule has 3 fully saturated rings. The summed E-state index contributed by atoms with van der Waals surface area (Å²) in [4.78, 5) is 0. The topological polar surface area (TPSA) is 29.5 Å². The Morgan fingerprint density at radius 3 is 2.60 bits per heavy atom. The molecule has 0 amide bonds. The SMILES string of the molecule is CC1(C2CC3(CO)CCC2O3)CCCC1. The lowest BCUT2D eigenvalue weighted by atomic mass is 9.66. The van der Waals surface area contributed by atoms with Crippen LogP contribution in [0, 0.1) is 11.3 Å². The van der Waals surface area contributed by atoms with E-state index in [1.807, 2.05) is 0 Å². The average Bonchev–Trinajstić information content (AvgIpc) is 2.91. The van der Waals surface area contributed by atoms with Crippen LogP contribution < -0.4 is 0 Å². The lowest BCUT2D eigenvalue weighted by Crippen LogP contribution is -2.36. The first-order valence-electron chi connectivity index (χ1n) is 6.46. The van der Waals surface area contributed by atoms with Crippen molar-refractivity contribution in [1.82, 2.24) is 0 Å². The zero-order valence-corrected chi connectivity index (χ0v) is 9.67. The normalized spacial score (nSPS) is 47.6. The van der Waals surface area contributed by atoms with E-state index in [9.17, 15) is 5.11 Å². The van der Waals surface area contributed by atoms with Crippen LogP contribution in [0.1, 0.15) is 51.9 Å². The molecule has 1 aliphatic carbocycles. The molecule has 0 aromatic heterocycles. The molecule has 15 heavy (non-hydrogen) atoms. The van der Waals surface area contributed by atoms with E-state index in [1.54, 1.807) is 0 Å². The molecule has 1 saturated carbocycles. The maximum atomic E-state index is 9.46. The average molecular weight is 210 g/mol. The predicted octanol–water partition coefficient (Wildman–Crippen LogP) is 2.50. The highest BCUT2D eigenvalue weighted by molar-refractivity contribution is 5.06. The first kappa shape index (κ1) is 10.1. The van der Waals surface area contributed by atoms with Crippen molar-refractivity contribution in [2.24, 2.45) is 11.3 Å². The zero-order chi connectivity index (χ0) is 10.5. The van der Waals surface area contributed by atoms with Gasteiger partial charge in [0.05, 0.1) is 18.3 Å². The molecule has 3 rings (SSSR count). The molecular weight excluding hydrogens is 188 g/mol. The molecule has 2 aliphatic heterocycles. The smallest absolute Gasteiger partial charge is 0.0920 e. The molecule has 0 spiro atoms. The molecule has 0 aromatic carbocycles. The Hall–Kier alpha value is -0.0800. The predicted molar refractivity (Wildman–Crippen MR) is 58.6 cm³/mol. The van der Waals surface area contributed by atoms with Gasteiger partial charge in [-0.25, -0.2) is 0 Å². The van der Waals surface area contributed by atoms with Crippen LogP contribution in [0.4, 0.5) is 0 Å². The van der Waals surface area contributed by atoms with Crippen molar-refractivity contribution in [3.63, 3.8) is 0 Å². The van der Waals surface area contributed by atoms with Gasteiger partial charge in [0.2, 0.25) is 0 Å². The Morgan fingerprint density at radius 1 is 1.27 bits per heavy atom. The van der Waals surface area contributed by atoms with Crippen molar-refractivity contribution in [2.75, 3.05) is 6.61 Å². The van der Waals surface area contributed by atoms with Crippen LogP contribution in [0.15, 0.2) is 0 Å². The molecule has 3 atom stereocenters. The maximum absolute atomic E-state index is 9.46. The van der Waals surface area contributed by atoms with Gasteiger partial charge in [0.1, 0.15) is 0 Å². The molecule has 2 nitrogen and oxygen atoms in total. The fourth-order valence-electron chi connectivity index (χ4n) is 4.24. The van der Waals surface area contributed by atoms with E-state index in [0.717, 1.165) is 18.8 Å². The standard InChI is InChI=1S/C13H22O2/c1-12(5-2-3-6-12)10-8-13(9-14)7-4-11(10)15-13/h10-11,14H,2-9H2,1H3. The molecule has 2 heterocycles. The van der Waals surface area contributed by atoms with Crippen LogP contribution in [-0.2, 0) is 4.74 Å². The van der Waals surface area contributed by atoms with Gasteiger partial charge in [0.15, 0.2) is 0 Å². The van der Waals surface area contributed by atoms with Gasteiger partial charge in [0.25, 0.3) is 0 Å². The van der Waals surface area contributed by atoms with Gasteiger partial charge in [-0.05, 0) is 43.4 Å². The lowest BCUT2D eigenvalue weighted by molar-refractivity contribution is -0.0308. The third kappa shape index (κ3) is 1.38. The highest BCUT2D eigenvalue weighted by Gasteiger charge is 2.56. The number of hydrogen-bond acceptors (Lipinski definition) is 2. The van der Waals surface area contributed by atoms with Gasteiger partial charge in [-0.3, -0.25) is 0 Å². The van der Waals surface area contributed by atoms with Crippen LogP contribution in [0.3, 0.4) is 0 Å². The number of aliphatic hydroxyl groups excluding tert-OH is 1. The molecule has 0 aromatic rings. The third-order valence-corrected chi connectivity index (χ3v) is 5.26. The number of rotatable bonds is 2. The van der Waals surface area contributed by atoms with Crippen LogP contribution in [0.5, 0.6) is 0 Å². The summed E-state index contributed by atoms with van der Waals surface area (Å²) >= 11 is 0. The van der Waals surface area contributed by atoms with Crippen molar-refractivity contribution in [3.05, 3.63) is 0 Å². The Morgan fingerprint density at radius 2 is 2.00 bits per heavy atom. The summed E-state index contributed by atoms with van der Waals surface area (Å²) in [5.74, 6) is 0.723. The summed E-state index contributed by atoms with van der Waals surface area (Å²) < 4.78 is 6.05. The highest BCUT2D eigenvalue weighted by atomic mass is 16.5. The molecule has 86 valence electrons. The summed E-state index contributed by atoms with van der Waals surface area (Å²) in [6.45, 7) is 2.68. The summed E-state index contributed by atoms with van der Waals surface area (Å²) in [5, 5.41) is 9.46. The number of hydrogen-bond donors (Lipinski definition) is 1. The van der Waals surface area contributed by atoms with Gasteiger partial charge in [-0.1, -0.05) is 19.8 Å². The summed E-state index contributed by atoms with van der Waals surface area (Å²) in [7, 11) is 0. The van der Waals surface area contributed by atoms with E-state index in [2.05, 4.69) is 6.92 Å². The number of ether oxygens (including phenoxy) is 1. The molecule has 2 bridgehead atoms. The molecule has 3 unspecified atom stereocenters. The van der Waals surface area contributed by atoms with E-state index < -0.39 is 0 Å². The number of fused-ring (bicyclic) bond motifs is 2. The minimum atomic E-state index is -0.138. The van der Waals surface area contributed by atoms with Gasteiger partial charge in [-0.2, -0.15) is 0 Å². The summed E-state index contributed by atoms with van der Waals surface area (Å²) in [6.07, 6.45) is 9.38. The van der Waals surface area contributed by atoms with Gasteiger partial charge in [-0.15, -0.1) is 0 Å². The summed E-state index contributed by atoms with van der Waals surface area (Å²) in [5.41, 5.74) is 0.378. The van der Waals surface area contributed by atoms with E-state index in [1.165, 1.54) is 32.1 Å². The second-order valence-electron chi connectivity index (χ2n) is 6.21. The van der Waals surface area contributed by atoms with Crippen molar-refractivity contribution in [2.45, 2.75) is 63.6 Å². The Bertz CT molecular complexity index is 257. The molecule has 3 aliphatic rings. The van der Waals surface area contributed by atoms with Crippen LogP contribution in [0.2, 0.25) is 0 Å². The fraction of sp³-hybridized carbons (Fsp3) is 1.00. The zero-order valence-electron chi connectivity index (χ0n) is 9.67. The third-order valence-electron chi connectivity index (χ3n) is 5.26. The molecular formula is C13H22O2. The van der Waals surface area contributed by atoms with Crippen molar-refractivity contribution >= 4 is 0 Å². The lowest BCUT2D eigenvalue weighted by Gasteiger charge is -2.36. The number of aliphatic hydroxyl groups is 1. The van der Waals surface area contributed by atoms with Gasteiger partial charge >= 0.3 is 0 Å². The van der Waals surface area contributed by atoms with E-state index >= 15 is 0 Å². The first-order valence-corrected chi connectivity index (χ1v) is 6.46. The second-order valence-corrected chi connectivity index (χ2v) is 6.21. The molecule has 2 heteroatoms. The Labute approximate surface area is 92.0 Å². The monoisotopic (exact) mass is 210 g/mol. The molecule has 2 saturated heterocycles. The van der Waals surface area contributed by atoms with E-state index in [-0.39, 0.29) is 12.2 Å². The quantitative estimate of drug-likeness (QED) is 0.758. The van der Waals surface area contributed by atoms with Crippen molar-refractivity contribution in [3.8, 4) is 0 Å². The van der Waals surface area contributed by atoms with Crippen LogP contribution >= 0.6 is 0 Å². The highest BCUT2D eigenvalue weighted by Crippen LogP contribution is 2.57. The van der Waals surface area contributed by atoms with Crippen LogP contribution in [-0.4, -0.2) is 23.4 Å². The maximum Gasteiger partial charge on any atom is 0.0920 e. The molecule has 1 N–H and O–H groups in total. The summed E-state index contributed by atoms with van der Waals surface area (Å²) in [6, 6.07) is 0. The van der Waals surface area contributed by atoms with Gasteiger partial charge in [0, 0.05) is 0 Å². The Balaban J connectivity index is 1.80. The van der Waals surface area contributed by atoms with Gasteiger partial charge < -0.3 is 9.84 Å².